The number of sulfonamides is 1. The van der Waals surface area contributed by atoms with E-state index >= 15 is 0 Å². The van der Waals surface area contributed by atoms with Gasteiger partial charge in [0.05, 0.1) is 4.90 Å². The molecule has 0 aliphatic carbocycles. The Bertz CT molecular complexity index is 597. The van der Waals surface area contributed by atoms with E-state index in [0.29, 0.717) is 17.0 Å². The summed E-state index contributed by atoms with van der Waals surface area (Å²) in [5.74, 6) is 0. The van der Waals surface area contributed by atoms with Crippen LogP contribution < -0.4 is 5.73 Å². The normalized spacial score (nSPS) is 13.0. The molecule has 1 aromatic carbocycles. The summed E-state index contributed by atoms with van der Waals surface area (Å²) in [4.78, 5) is 0.231. The van der Waals surface area contributed by atoms with Gasteiger partial charge in [-0.25, -0.2) is 8.42 Å². The second kappa shape index (κ2) is 6.02. The lowest BCUT2D eigenvalue weighted by Crippen LogP contribution is -2.44. The first-order chi connectivity index (χ1) is 9.07. The zero-order valence-corrected chi connectivity index (χ0v) is 14.3. The van der Waals surface area contributed by atoms with Crippen molar-refractivity contribution in [3.8, 4) is 0 Å². The Balaban J connectivity index is 3.48. The van der Waals surface area contributed by atoms with Gasteiger partial charge in [-0.05, 0) is 50.5 Å². The van der Waals surface area contributed by atoms with Crippen molar-refractivity contribution in [2.24, 2.45) is 5.73 Å². The van der Waals surface area contributed by atoms with Crippen LogP contribution in [0, 0.1) is 6.92 Å². The minimum Gasteiger partial charge on any atom is -0.326 e. The van der Waals surface area contributed by atoms with Crippen LogP contribution in [-0.2, 0) is 16.6 Å². The Hall–Kier alpha value is -0.620. The third-order valence-electron chi connectivity index (χ3n) is 4.01. The molecule has 0 saturated heterocycles. The standard InChI is InChI=1S/C14H23ClN2O2S/c1-6-14(3,4)17(5)20(18,19)13-8-12(15)7-11(9-16)10(13)2/h7-8H,6,9,16H2,1-5H3. The Labute approximate surface area is 127 Å². The van der Waals surface area contributed by atoms with Gasteiger partial charge in [-0.1, -0.05) is 18.5 Å². The number of halogens is 1. The largest absolute Gasteiger partial charge is 0.326 e. The molecule has 0 unspecified atom stereocenters. The molecule has 0 aromatic heterocycles. The first kappa shape index (κ1) is 17.4. The summed E-state index contributed by atoms with van der Waals surface area (Å²) in [6.45, 7) is 7.78. The van der Waals surface area contributed by atoms with E-state index in [9.17, 15) is 8.42 Å². The van der Waals surface area contributed by atoms with Crippen molar-refractivity contribution in [1.82, 2.24) is 4.31 Å². The summed E-state index contributed by atoms with van der Waals surface area (Å²) in [5, 5.41) is 0.386. The molecule has 20 heavy (non-hydrogen) atoms. The Morgan fingerprint density at radius 1 is 1.35 bits per heavy atom. The number of nitrogens with two attached hydrogens (primary N) is 1. The van der Waals surface area contributed by atoms with Crippen LogP contribution in [0.25, 0.3) is 0 Å². The number of hydrogen-bond donors (Lipinski definition) is 1. The zero-order valence-electron chi connectivity index (χ0n) is 12.7. The van der Waals surface area contributed by atoms with E-state index in [4.69, 9.17) is 17.3 Å². The molecule has 0 bridgehead atoms. The molecule has 1 rings (SSSR count). The van der Waals surface area contributed by atoms with Gasteiger partial charge in [0.1, 0.15) is 0 Å². The molecule has 0 amide bonds. The van der Waals surface area contributed by atoms with Crippen molar-refractivity contribution in [3.63, 3.8) is 0 Å². The topological polar surface area (TPSA) is 63.4 Å². The Morgan fingerprint density at radius 3 is 2.35 bits per heavy atom. The molecule has 4 nitrogen and oxygen atoms in total. The highest BCUT2D eigenvalue weighted by atomic mass is 35.5. The molecule has 0 spiro atoms. The van der Waals surface area contributed by atoms with Crippen LogP contribution >= 0.6 is 11.6 Å². The monoisotopic (exact) mass is 318 g/mol. The molecule has 0 radical (unpaired) electrons. The van der Waals surface area contributed by atoms with Crippen molar-refractivity contribution in [3.05, 3.63) is 28.3 Å². The minimum absolute atomic E-state index is 0.231. The lowest BCUT2D eigenvalue weighted by Gasteiger charge is -2.34. The molecule has 0 heterocycles. The molecule has 0 aliphatic heterocycles. The van der Waals surface area contributed by atoms with E-state index in [0.717, 1.165) is 5.56 Å². The summed E-state index contributed by atoms with van der Waals surface area (Å²) in [5.41, 5.74) is 6.60. The molecule has 1 aromatic rings. The summed E-state index contributed by atoms with van der Waals surface area (Å²) >= 11 is 6.02. The fourth-order valence-electron chi connectivity index (χ4n) is 1.88. The van der Waals surface area contributed by atoms with Crippen LogP contribution in [0.4, 0.5) is 0 Å². The van der Waals surface area contributed by atoms with Crippen LogP contribution in [-0.4, -0.2) is 25.3 Å². The summed E-state index contributed by atoms with van der Waals surface area (Å²) in [7, 11) is -2.00. The highest BCUT2D eigenvalue weighted by Gasteiger charge is 2.34. The van der Waals surface area contributed by atoms with E-state index in [1.54, 1.807) is 20.0 Å². The summed E-state index contributed by atoms with van der Waals surface area (Å²) in [6, 6.07) is 3.20. The van der Waals surface area contributed by atoms with E-state index in [1.165, 1.54) is 10.4 Å². The Kier molecular flexibility index (Phi) is 5.24. The van der Waals surface area contributed by atoms with Crippen LogP contribution in [0.3, 0.4) is 0 Å². The van der Waals surface area contributed by atoms with Gasteiger partial charge in [-0.15, -0.1) is 0 Å². The van der Waals surface area contributed by atoms with Gasteiger partial charge in [-0.3, -0.25) is 0 Å². The number of benzene rings is 1. The second-order valence-electron chi connectivity index (χ2n) is 5.53. The number of hydrogen-bond acceptors (Lipinski definition) is 3. The quantitative estimate of drug-likeness (QED) is 0.908. The second-order valence-corrected chi connectivity index (χ2v) is 7.90. The maximum atomic E-state index is 12.8. The summed E-state index contributed by atoms with van der Waals surface area (Å²) < 4.78 is 27.0. The molecular weight excluding hydrogens is 296 g/mol. The molecule has 0 atom stereocenters. The predicted molar refractivity (Wildman–Crippen MR) is 83.4 cm³/mol. The van der Waals surface area contributed by atoms with Crippen molar-refractivity contribution in [2.45, 2.75) is 51.1 Å². The molecular formula is C14H23ClN2O2S. The average molecular weight is 319 g/mol. The average Bonchev–Trinajstić information content (AvgIpc) is 2.39. The van der Waals surface area contributed by atoms with Crippen LogP contribution in [0.15, 0.2) is 17.0 Å². The molecule has 0 aliphatic rings. The van der Waals surface area contributed by atoms with Gasteiger partial charge < -0.3 is 5.73 Å². The molecule has 2 N–H and O–H groups in total. The summed E-state index contributed by atoms with van der Waals surface area (Å²) in [6.07, 6.45) is 0.714. The van der Waals surface area contributed by atoms with Gasteiger partial charge in [-0.2, -0.15) is 4.31 Å². The fourth-order valence-corrected chi connectivity index (χ4v) is 4.06. The van der Waals surface area contributed by atoms with Crippen molar-refractivity contribution in [2.75, 3.05) is 7.05 Å². The first-order valence-electron chi connectivity index (χ1n) is 6.56. The highest BCUT2D eigenvalue weighted by molar-refractivity contribution is 7.89. The van der Waals surface area contributed by atoms with E-state index in [-0.39, 0.29) is 11.4 Å². The van der Waals surface area contributed by atoms with Crippen molar-refractivity contribution >= 4 is 21.6 Å². The lowest BCUT2D eigenvalue weighted by atomic mass is 10.0. The zero-order chi connectivity index (χ0) is 15.7. The van der Waals surface area contributed by atoms with Crippen molar-refractivity contribution < 1.29 is 8.42 Å². The fraction of sp³-hybridized carbons (Fsp3) is 0.571. The third kappa shape index (κ3) is 3.17. The van der Waals surface area contributed by atoms with Crippen LogP contribution in [0.1, 0.15) is 38.3 Å². The van der Waals surface area contributed by atoms with Gasteiger partial charge in [0, 0.05) is 24.2 Å². The molecule has 114 valence electrons. The van der Waals surface area contributed by atoms with Crippen LogP contribution in [0.5, 0.6) is 0 Å². The van der Waals surface area contributed by atoms with Gasteiger partial charge in [0.2, 0.25) is 10.0 Å². The van der Waals surface area contributed by atoms with Gasteiger partial charge in [0.15, 0.2) is 0 Å². The van der Waals surface area contributed by atoms with E-state index in [1.807, 2.05) is 20.8 Å². The lowest BCUT2D eigenvalue weighted by molar-refractivity contribution is 0.257. The Morgan fingerprint density at radius 2 is 1.90 bits per heavy atom. The maximum absolute atomic E-state index is 12.8. The first-order valence-corrected chi connectivity index (χ1v) is 8.38. The van der Waals surface area contributed by atoms with Crippen LogP contribution in [0.2, 0.25) is 5.02 Å². The molecule has 6 heteroatoms. The smallest absolute Gasteiger partial charge is 0.243 e. The van der Waals surface area contributed by atoms with E-state index < -0.39 is 15.6 Å². The third-order valence-corrected chi connectivity index (χ3v) is 6.42. The minimum atomic E-state index is -3.60. The maximum Gasteiger partial charge on any atom is 0.243 e. The highest BCUT2D eigenvalue weighted by Crippen LogP contribution is 2.30. The predicted octanol–water partition coefficient (Wildman–Crippen LogP) is 2.92. The van der Waals surface area contributed by atoms with Crippen molar-refractivity contribution in [1.29, 1.82) is 0 Å². The SMILES string of the molecule is CCC(C)(C)N(C)S(=O)(=O)c1cc(Cl)cc(CN)c1C. The molecule has 0 fully saturated rings. The molecule has 0 saturated carbocycles. The van der Waals surface area contributed by atoms with Gasteiger partial charge >= 0.3 is 0 Å². The van der Waals surface area contributed by atoms with E-state index in [2.05, 4.69) is 0 Å². The van der Waals surface area contributed by atoms with Gasteiger partial charge in [0.25, 0.3) is 0 Å². The number of nitrogens with zero attached hydrogens (tertiary/aromatic N) is 1. The number of rotatable bonds is 5.